The van der Waals surface area contributed by atoms with E-state index in [9.17, 15) is 14.7 Å². The van der Waals surface area contributed by atoms with Gasteiger partial charge < -0.3 is 14.9 Å². The molecule has 1 unspecified atom stereocenters. The number of aliphatic hydroxyl groups excluding tert-OH is 1. The SMILES string of the molecule is CN(C)c1ccc(C2/C(=C(/O)c3ccc4c(c3)CCCC4)C(=O)C(=O)N2CCc2ccc(Cl)cc2)cc1. The second-order valence-corrected chi connectivity index (χ2v) is 10.5. The lowest BCUT2D eigenvalue weighted by atomic mass is 9.88. The number of rotatable bonds is 6. The number of benzene rings is 3. The Balaban J connectivity index is 1.56. The van der Waals surface area contributed by atoms with Gasteiger partial charge in [0, 0.05) is 36.9 Å². The lowest BCUT2D eigenvalue weighted by Gasteiger charge is -2.26. The topological polar surface area (TPSA) is 60.9 Å². The number of aliphatic hydroxyl groups is 1. The molecule has 3 aromatic rings. The summed E-state index contributed by atoms with van der Waals surface area (Å²) in [6.45, 7) is 0.341. The first-order valence-electron chi connectivity index (χ1n) is 12.8. The van der Waals surface area contributed by atoms with Crippen LogP contribution in [0.5, 0.6) is 0 Å². The number of likely N-dealkylation sites (tertiary alicyclic amines) is 1. The molecule has 5 nitrogen and oxygen atoms in total. The molecule has 0 radical (unpaired) electrons. The first-order chi connectivity index (χ1) is 17.8. The van der Waals surface area contributed by atoms with Crippen LogP contribution in [-0.2, 0) is 28.9 Å². The molecular formula is C31H31ClN2O3. The minimum absolute atomic E-state index is 0.109. The van der Waals surface area contributed by atoms with E-state index in [-0.39, 0.29) is 11.3 Å². The fourth-order valence-corrected chi connectivity index (χ4v) is 5.47. The zero-order valence-corrected chi connectivity index (χ0v) is 22.0. The largest absolute Gasteiger partial charge is 0.507 e. The molecule has 37 heavy (non-hydrogen) atoms. The van der Waals surface area contributed by atoms with Crippen LogP contribution in [0.1, 0.15) is 46.7 Å². The van der Waals surface area contributed by atoms with Gasteiger partial charge in [-0.1, -0.05) is 48.0 Å². The van der Waals surface area contributed by atoms with Crippen LogP contribution in [0.2, 0.25) is 5.02 Å². The number of Topliss-reactive ketones (excluding diaryl/α,β-unsaturated/α-hetero) is 1. The number of aryl methyl sites for hydroxylation is 2. The number of nitrogens with zero attached hydrogens (tertiary/aromatic N) is 2. The smallest absolute Gasteiger partial charge is 0.295 e. The number of halogens is 1. The highest BCUT2D eigenvalue weighted by atomic mass is 35.5. The summed E-state index contributed by atoms with van der Waals surface area (Å²) in [4.78, 5) is 30.3. The number of anilines is 1. The maximum atomic E-state index is 13.4. The van der Waals surface area contributed by atoms with Gasteiger partial charge >= 0.3 is 0 Å². The summed E-state index contributed by atoms with van der Waals surface area (Å²) in [5.41, 5.74) is 6.06. The first kappa shape index (κ1) is 25.1. The number of fused-ring (bicyclic) bond motifs is 1. The van der Waals surface area contributed by atoms with E-state index in [0.717, 1.165) is 36.1 Å². The van der Waals surface area contributed by atoms with Crippen LogP contribution in [-0.4, -0.2) is 42.3 Å². The molecule has 0 aromatic heterocycles. The van der Waals surface area contributed by atoms with E-state index in [1.54, 1.807) is 4.90 Å². The Morgan fingerprint density at radius 3 is 2.30 bits per heavy atom. The van der Waals surface area contributed by atoms with Gasteiger partial charge in [0.15, 0.2) is 0 Å². The molecule has 6 heteroatoms. The van der Waals surface area contributed by atoms with Gasteiger partial charge in [0.1, 0.15) is 5.76 Å². The van der Waals surface area contributed by atoms with E-state index < -0.39 is 17.7 Å². The van der Waals surface area contributed by atoms with Gasteiger partial charge in [-0.3, -0.25) is 9.59 Å². The molecule has 0 bridgehead atoms. The number of amides is 1. The van der Waals surface area contributed by atoms with Crippen molar-refractivity contribution in [3.8, 4) is 0 Å². The fourth-order valence-electron chi connectivity index (χ4n) is 5.35. The highest BCUT2D eigenvalue weighted by molar-refractivity contribution is 6.46. The van der Waals surface area contributed by atoms with Crippen molar-refractivity contribution in [1.82, 2.24) is 4.90 Å². The molecule has 190 valence electrons. The van der Waals surface area contributed by atoms with E-state index in [1.807, 2.05) is 85.7 Å². The van der Waals surface area contributed by atoms with Crippen LogP contribution in [0.25, 0.3) is 5.76 Å². The third kappa shape index (κ3) is 5.01. The van der Waals surface area contributed by atoms with E-state index in [4.69, 9.17) is 11.6 Å². The van der Waals surface area contributed by atoms with Gasteiger partial charge in [0.2, 0.25) is 0 Å². The summed E-state index contributed by atoms with van der Waals surface area (Å²) >= 11 is 6.03. The molecule has 1 N–H and O–H groups in total. The van der Waals surface area contributed by atoms with Gasteiger partial charge in [-0.25, -0.2) is 0 Å². The molecule has 1 fully saturated rings. The molecule has 3 aromatic carbocycles. The molecule has 1 aliphatic heterocycles. The number of hydrogen-bond donors (Lipinski definition) is 1. The summed E-state index contributed by atoms with van der Waals surface area (Å²) in [6.07, 6.45) is 4.84. The summed E-state index contributed by atoms with van der Waals surface area (Å²) in [6, 6.07) is 20.5. The highest BCUT2D eigenvalue weighted by Crippen LogP contribution is 2.40. The van der Waals surface area contributed by atoms with Gasteiger partial charge in [-0.15, -0.1) is 0 Å². The quantitative estimate of drug-likeness (QED) is 0.251. The number of carbonyl (C=O) groups is 2. The maximum absolute atomic E-state index is 13.4. The Morgan fingerprint density at radius 2 is 1.62 bits per heavy atom. The molecule has 1 heterocycles. The van der Waals surface area contributed by atoms with E-state index >= 15 is 0 Å². The Hall–Kier alpha value is -3.57. The van der Waals surface area contributed by atoms with Crippen LogP contribution < -0.4 is 4.90 Å². The third-order valence-electron chi connectivity index (χ3n) is 7.44. The Kier molecular flexibility index (Phi) is 7.07. The minimum Gasteiger partial charge on any atom is -0.507 e. The Labute approximate surface area is 223 Å². The molecule has 2 aliphatic rings. The summed E-state index contributed by atoms with van der Waals surface area (Å²) in [7, 11) is 3.92. The molecule has 0 saturated carbocycles. The molecular weight excluding hydrogens is 484 g/mol. The molecule has 1 aliphatic carbocycles. The van der Waals surface area contributed by atoms with Crippen molar-refractivity contribution in [2.45, 2.75) is 38.1 Å². The van der Waals surface area contributed by atoms with Crippen molar-refractivity contribution < 1.29 is 14.7 Å². The van der Waals surface area contributed by atoms with Crippen molar-refractivity contribution in [3.05, 3.63) is 105 Å². The Bertz CT molecular complexity index is 1360. The van der Waals surface area contributed by atoms with Crippen LogP contribution >= 0.6 is 11.6 Å². The standard InChI is InChI=1S/C31H31ClN2O3/c1-33(2)26-15-11-22(12-16-26)28-27(29(35)24-10-9-21-5-3-4-6-23(21)19-24)30(36)31(37)34(28)18-17-20-7-13-25(32)14-8-20/h7-16,19,28,35H,3-6,17-18H2,1-2H3/b29-27-. The molecule has 0 spiro atoms. The van der Waals surface area contributed by atoms with E-state index in [2.05, 4.69) is 0 Å². The van der Waals surface area contributed by atoms with Gasteiger partial charge in [0.25, 0.3) is 11.7 Å². The zero-order chi connectivity index (χ0) is 26.1. The minimum atomic E-state index is -0.667. The predicted octanol–water partition coefficient (Wildman–Crippen LogP) is 5.95. The second-order valence-electron chi connectivity index (χ2n) is 10.0. The lowest BCUT2D eigenvalue weighted by molar-refractivity contribution is -0.139. The Morgan fingerprint density at radius 1 is 0.946 bits per heavy atom. The monoisotopic (exact) mass is 514 g/mol. The van der Waals surface area contributed by atoms with Crippen molar-refractivity contribution >= 4 is 34.7 Å². The van der Waals surface area contributed by atoms with Crippen LogP contribution in [0.15, 0.2) is 72.3 Å². The van der Waals surface area contributed by atoms with Crippen molar-refractivity contribution in [3.63, 3.8) is 0 Å². The van der Waals surface area contributed by atoms with Gasteiger partial charge in [-0.2, -0.15) is 0 Å². The number of carbonyl (C=O) groups excluding carboxylic acids is 2. The summed E-state index contributed by atoms with van der Waals surface area (Å²) in [5.74, 6) is -1.34. The van der Waals surface area contributed by atoms with Gasteiger partial charge in [0.05, 0.1) is 11.6 Å². The fraction of sp³-hybridized carbons (Fsp3) is 0.290. The maximum Gasteiger partial charge on any atom is 0.295 e. The first-order valence-corrected chi connectivity index (χ1v) is 13.1. The van der Waals surface area contributed by atoms with E-state index in [1.165, 1.54) is 17.5 Å². The molecule has 1 amide bonds. The van der Waals surface area contributed by atoms with Crippen LogP contribution in [0.4, 0.5) is 5.69 Å². The predicted molar refractivity (Wildman–Crippen MR) is 148 cm³/mol. The summed E-state index contributed by atoms with van der Waals surface area (Å²) < 4.78 is 0. The summed E-state index contributed by atoms with van der Waals surface area (Å²) in [5, 5.41) is 12.1. The van der Waals surface area contributed by atoms with E-state index in [0.29, 0.717) is 23.6 Å². The van der Waals surface area contributed by atoms with Crippen LogP contribution in [0.3, 0.4) is 0 Å². The average molecular weight is 515 g/mol. The third-order valence-corrected chi connectivity index (χ3v) is 7.69. The highest BCUT2D eigenvalue weighted by Gasteiger charge is 2.45. The number of hydrogen-bond acceptors (Lipinski definition) is 4. The molecule has 1 atom stereocenters. The molecule has 5 rings (SSSR count). The lowest BCUT2D eigenvalue weighted by Crippen LogP contribution is -2.31. The molecule has 1 saturated heterocycles. The second kappa shape index (κ2) is 10.4. The average Bonchev–Trinajstić information content (AvgIpc) is 3.17. The van der Waals surface area contributed by atoms with Crippen molar-refractivity contribution in [2.24, 2.45) is 0 Å². The zero-order valence-electron chi connectivity index (χ0n) is 21.2. The van der Waals surface area contributed by atoms with Crippen LogP contribution in [0, 0.1) is 0 Å². The van der Waals surface area contributed by atoms with Crippen molar-refractivity contribution in [2.75, 3.05) is 25.5 Å². The normalized spacial score (nSPS) is 18.7. The number of ketones is 1. The van der Waals surface area contributed by atoms with Crippen molar-refractivity contribution in [1.29, 1.82) is 0 Å². The van der Waals surface area contributed by atoms with Gasteiger partial charge in [-0.05, 0) is 84.7 Å².